The Morgan fingerprint density at radius 1 is 1.26 bits per heavy atom. The maximum absolute atomic E-state index is 12.7. The van der Waals surface area contributed by atoms with E-state index in [9.17, 15) is 14.4 Å². The van der Waals surface area contributed by atoms with E-state index in [1.54, 1.807) is 40.4 Å². The minimum Gasteiger partial charge on any atom is -0.444 e. The van der Waals surface area contributed by atoms with Gasteiger partial charge < -0.3 is 20.3 Å². The van der Waals surface area contributed by atoms with Crippen LogP contribution in [0, 0.1) is 6.92 Å². The van der Waals surface area contributed by atoms with E-state index < -0.39 is 11.7 Å². The molecule has 3 rings (SSSR count). The molecule has 0 bridgehead atoms. The number of hydrogen-bond donors (Lipinski definition) is 2. The fourth-order valence-corrected chi connectivity index (χ4v) is 3.65. The summed E-state index contributed by atoms with van der Waals surface area (Å²) in [5, 5.41) is 5.69. The van der Waals surface area contributed by atoms with Crippen LogP contribution in [0.2, 0.25) is 0 Å². The van der Waals surface area contributed by atoms with Gasteiger partial charge in [0.05, 0.1) is 6.54 Å². The number of ether oxygens (including phenoxy) is 1. The molecule has 0 aliphatic carbocycles. The molecule has 1 aliphatic heterocycles. The largest absolute Gasteiger partial charge is 0.444 e. The Hall–Kier alpha value is -3.62. The van der Waals surface area contributed by atoms with Crippen LogP contribution in [-0.2, 0) is 11.3 Å². The molecule has 182 valence electrons. The smallest absolute Gasteiger partial charge is 0.410 e. The van der Waals surface area contributed by atoms with Crippen molar-refractivity contribution in [3.05, 3.63) is 59.4 Å². The lowest BCUT2D eigenvalue weighted by atomic mass is 10.1. The molecule has 1 saturated heterocycles. The first-order valence-electron chi connectivity index (χ1n) is 11.4. The molecule has 0 saturated carbocycles. The fraction of sp³-hybridized carbons (Fsp3) is 0.440. The summed E-state index contributed by atoms with van der Waals surface area (Å²) in [6.07, 6.45) is 3.57. The summed E-state index contributed by atoms with van der Waals surface area (Å²) in [6, 6.07) is 8.91. The third-order valence-corrected chi connectivity index (χ3v) is 5.24. The maximum Gasteiger partial charge on any atom is 0.410 e. The van der Waals surface area contributed by atoms with Gasteiger partial charge in [-0.3, -0.25) is 14.7 Å². The number of amides is 4. The average Bonchev–Trinajstić information content (AvgIpc) is 3.20. The monoisotopic (exact) mass is 467 g/mol. The number of pyridine rings is 1. The minimum absolute atomic E-state index is 0.124. The van der Waals surface area contributed by atoms with E-state index in [1.807, 2.05) is 39.8 Å². The molecule has 0 unspecified atom stereocenters. The Labute approximate surface area is 200 Å². The topological polar surface area (TPSA) is 104 Å². The Morgan fingerprint density at radius 3 is 2.68 bits per heavy atom. The summed E-state index contributed by atoms with van der Waals surface area (Å²) < 4.78 is 5.54. The van der Waals surface area contributed by atoms with Gasteiger partial charge in [-0.1, -0.05) is 6.07 Å². The van der Waals surface area contributed by atoms with Crippen LogP contribution in [0.4, 0.5) is 15.3 Å². The second-order valence-corrected chi connectivity index (χ2v) is 9.26. The number of nitrogens with one attached hydrogen (secondary N) is 2. The number of benzene rings is 1. The zero-order valence-corrected chi connectivity index (χ0v) is 20.3. The van der Waals surface area contributed by atoms with Crippen molar-refractivity contribution in [3.8, 4) is 0 Å². The summed E-state index contributed by atoms with van der Waals surface area (Å²) in [5.74, 6) is -0.198. The molecular formula is C25H33N5O4. The third-order valence-electron chi connectivity index (χ3n) is 5.24. The molecular weight excluding hydrogens is 434 g/mol. The van der Waals surface area contributed by atoms with Crippen LogP contribution in [-0.4, -0.2) is 59.7 Å². The van der Waals surface area contributed by atoms with E-state index in [1.165, 1.54) is 0 Å². The first-order valence-corrected chi connectivity index (χ1v) is 11.4. The molecule has 1 fully saturated rings. The number of urea groups is 1. The third kappa shape index (κ3) is 6.94. The fourth-order valence-electron chi connectivity index (χ4n) is 3.65. The summed E-state index contributed by atoms with van der Waals surface area (Å²) in [7, 11) is 0. The highest BCUT2D eigenvalue weighted by Crippen LogP contribution is 2.23. The van der Waals surface area contributed by atoms with Crippen molar-refractivity contribution in [1.29, 1.82) is 0 Å². The van der Waals surface area contributed by atoms with Crippen molar-refractivity contribution in [1.82, 2.24) is 20.5 Å². The molecule has 2 aromatic rings. The highest BCUT2D eigenvalue weighted by atomic mass is 16.6. The van der Waals surface area contributed by atoms with Crippen LogP contribution < -0.4 is 15.5 Å². The van der Waals surface area contributed by atoms with Crippen LogP contribution in [0.25, 0.3) is 0 Å². The highest BCUT2D eigenvalue weighted by Gasteiger charge is 2.24. The summed E-state index contributed by atoms with van der Waals surface area (Å²) in [5.41, 5.74) is 2.49. The van der Waals surface area contributed by atoms with Gasteiger partial charge in [0.1, 0.15) is 5.60 Å². The van der Waals surface area contributed by atoms with Gasteiger partial charge in [0.2, 0.25) is 0 Å². The zero-order chi connectivity index (χ0) is 24.7. The number of rotatable bonds is 8. The van der Waals surface area contributed by atoms with E-state index in [0.29, 0.717) is 44.7 Å². The van der Waals surface area contributed by atoms with E-state index in [0.717, 1.165) is 16.8 Å². The first kappa shape index (κ1) is 25.0. The van der Waals surface area contributed by atoms with Crippen molar-refractivity contribution in [3.63, 3.8) is 0 Å². The van der Waals surface area contributed by atoms with Gasteiger partial charge in [-0.15, -0.1) is 0 Å². The standard InChI is InChI=1S/C25H33N5O4/c1-18-15-20(8-9-21(18)30-14-12-28-23(30)32)22(31)27-11-6-13-29(24(33)34-25(2,3)4)17-19-7-5-10-26-16-19/h5,7-10,15-16H,6,11-14,17H2,1-4H3,(H,27,31)(H,28,32). The van der Waals surface area contributed by atoms with Crippen molar-refractivity contribution >= 4 is 23.7 Å². The molecule has 2 N–H and O–H groups in total. The van der Waals surface area contributed by atoms with Gasteiger partial charge in [0.25, 0.3) is 5.91 Å². The van der Waals surface area contributed by atoms with Gasteiger partial charge >= 0.3 is 12.1 Å². The normalized spacial score (nSPS) is 13.4. The van der Waals surface area contributed by atoms with Crippen molar-refractivity contribution in [2.24, 2.45) is 0 Å². The van der Waals surface area contributed by atoms with Crippen molar-refractivity contribution < 1.29 is 19.1 Å². The van der Waals surface area contributed by atoms with E-state index in [4.69, 9.17) is 4.74 Å². The zero-order valence-electron chi connectivity index (χ0n) is 20.3. The lowest BCUT2D eigenvalue weighted by molar-refractivity contribution is 0.0232. The number of aromatic nitrogens is 1. The van der Waals surface area contributed by atoms with Crippen molar-refractivity contribution in [2.45, 2.75) is 46.3 Å². The molecule has 4 amide bonds. The molecule has 0 atom stereocenters. The van der Waals surface area contributed by atoms with Crippen LogP contribution in [0.1, 0.15) is 48.7 Å². The molecule has 9 nitrogen and oxygen atoms in total. The Bertz CT molecular complexity index is 1020. The molecule has 0 radical (unpaired) electrons. The molecule has 1 aliphatic rings. The van der Waals surface area contributed by atoms with Crippen molar-refractivity contribution in [2.75, 3.05) is 31.1 Å². The summed E-state index contributed by atoms with van der Waals surface area (Å²) >= 11 is 0. The molecule has 1 aromatic heterocycles. The molecule has 0 spiro atoms. The van der Waals surface area contributed by atoms with Crippen LogP contribution in [0.5, 0.6) is 0 Å². The maximum atomic E-state index is 12.7. The summed E-state index contributed by atoms with van der Waals surface area (Å²) in [4.78, 5) is 44.6. The van der Waals surface area contributed by atoms with Crippen LogP contribution in [0.15, 0.2) is 42.7 Å². The van der Waals surface area contributed by atoms with Gasteiger partial charge in [0.15, 0.2) is 0 Å². The summed E-state index contributed by atoms with van der Waals surface area (Å²) in [6.45, 7) is 9.80. The van der Waals surface area contributed by atoms with Crippen LogP contribution >= 0.6 is 0 Å². The second kappa shape index (κ2) is 11.0. The van der Waals surface area contributed by atoms with Gasteiger partial charge in [-0.25, -0.2) is 9.59 Å². The predicted octanol–water partition coefficient (Wildman–Crippen LogP) is 3.48. The van der Waals surface area contributed by atoms with Gasteiger partial charge in [-0.2, -0.15) is 0 Å². The lowest BCUT2D eigenvalue weighted by Crippen LogP contribution is -2.38. The minimum atomic E-state index is -0.599. The molecule has 2 heterocycles. The Balaban J connectivity index is 1.54. The SMILES string of the molecule is Cc1cc(C(=O)NCCCN(Cc2cccnc2)C(=O)OC(C)(C)C)ccc1N1CCNC1=O. The molecule has 1 aromatic carbocycles. The average molecular weight is 468 g/mol. The number of carbonyl (C=O) groups excluding carboxylic acids is 3. The lowest BCUT2D eigenvalue weighted by Gasteiger charge is -2.27. The van der Waals surface area contributed by atoms with Gasteiger partial charge in [0, 0.05) is 49.8 Å². The quantitative estimate of drug-likeness (QED) is 0.579. The predicted molar refractivity (Wildman–Crippen MR) is 130 cm³/mol. The van der Waals surface area contributed by atoms with Gasteiger partial charge in [-0.05, 0) is 69.5 Å². The highest BCUT2D eigenvalue weighted by molar-refractivity contribution is 5.97. The van der Waals surface area contributed by atoms with E-state index in [2.05, 4.69) is 15.6 Å². The number of carbonyl (C=O) groups is 3. The van der Waals surface area contributed by atoms with E-state index in [-0.39, 0.29) is 11.9 Å². The molecule has 34 heavy (non-hydrogen) atoms. The number of hydrogen-bond acceptors (Lipinski definition) is 5. The Morgan fingerprint density at radius 2 is 2.06 bits per heavy atom. The number of nitrogens with zero attached hydrogens (tertiary/aromatic N) is 3. The van der Waals surface area contributed by atoms with Crippen LogP contribution in [0.3, 0.4) is 0 Å². The second-order valence-electron chi connectivity index (χ2n) is 9.26. The number of aryl methyl sites for hydroxylation is 1. The first-order chi connectivity index (χ1) is 16.1. The van der Waals surface area contributed by atoms with E-state index >= 15 is 0 Å². The molecule has 9 heteroatoms. The Kier molecular flexibility index (Phi) is 8.09. The number of anilines is 1.